The molecule has 0 spiro atoms. The van der Waals surface area contributed by atoms with Crippen LogP contribution in [0.3, 0.4) is 0 Å². The lowest BCUT2D eigenvalue weighted by Gasteiger charge is -2.09. The molecule has 2 aromatic carbocycles. The number of aromatic nitrogens is 3. The molecule has 0 aliphatic carbocycles. The minimum absolute atomic E-state index is 0.293. The molecule has 2 heterocycles. The van der Waals surface area contributed by atoms with Crippen LogP contribution in [0.25, 0.3) is 16.7 Å². The van der Waals surface area contributed by atoms with E-state index in [-0.39, 0.29) is 5.91 Å². The predicted octanol–water partition coefficient (Wildman–Crippen LogP) is 4.95. The fraction of sp³-hybridized carbons (Fsp3) is 0.136. The number of aryl methyl sites for hydroxylation is 2. The van der Waals surface area contributed by atoms with Crippen molar-refractivity contribution in [3.63, 3.8) is 0 Å². The van der Waals surface area contributed by atoms with E-state index < -0.39 is 0 Å². The maximum absolute atomic E-state index is 12.8. The molecule has 1 N–H and O–H groups in total. The normalized spacial score (nSPS) is 10.9. The van der Waals surface area contributed by atoms with E-state index in [4.69, 9.17) is 16.3 Å². The van der Waals surface area contributed by atoms with Crippen LogP contribution in [-0.4, -0.2) is 27.8 Å². The average molecular weight is 407 g/mol. The highest BCUT2D eigenvalue weighted by Crippen LogP contribution is 2.30. The van der Waals surface area contributed by atoms with Crippen molar-refractivity contribution in [1.82, 2.24) is 14.8 Å². The first-order valence-corrected chi connectivity index (χ1v) is 9.42. The summed E-state index contributed by atoms with van der Waals surface area (Å²) in [6, 6.07) is 15.0. The molecular formula is C22H19ClN4O2. The van der Waals surface area contributed by atoms with Crippen LogP contribution in [0, 0.1) is 13.8 Å². The molecule has 146 valence electrons. The first-order chi connectivity index (χ1) is 14.0. The number of methoxy groups -OCH3 is 1. The third-order valence-corrected chi connectivity index (χ3v) is 5.07. The molecule has 6 nitrogen and oxygen atoms in total. The molecule has 7 heteroatoms. The monoisotopic (exact) mass is 406 g/mol. The van der Waals surface area contributed by atoms with Crippen molar-refractivity contribution in [3.05, 3.63) is 76.6 Å². The number of pyridine rings is 1. The van der Waals surface area contributed by atoms with Crippen molar-refractivity contribution in [2.75, 3.05) is 12.4 Å². The fourth-order valence-corrected chi connectivity index (χ4v) is 3.46. The summed E-state index contributed by atoms with van der Waals surface area (Å²) in [7, 11) is 1.59. The number of ether oxygens (including phenoxy) is 1. The number of halogens is 1. The predicted molar refractivity (Wildman–Crippen MR) is 114 cm³/mol. The van der Waals surface area contributed by atoms with Crippen molar-refractivity contribution in [2.45, 2.75) is 13.8 Å². The Labute approximate surface area is 173 Å². The minimum Gasteiger partial charge on any atom is -0.497 e. The van der Waals surface area contributed by atoms with E-state index in [1.54, 1.807) is 36.1 Å². The molecule has 0 unspecified atom stereocenters. The molecule has 0 bridgehead atoms. The van der Waals surface area contributed by atoms with Gasteiger partial charge in [0.2, 0.25) is 0 Å². The van der Waals surface area contributed by atoms with E-state index in [1.807, 2.05) is 38.1 Å². The SMILES string of the molecule is COc1ccc(NC(=O)c2cnc3c(c(C)nn3-c3ccc(C)cc3)c2Cl)cc1. The molecule has 0 saturated carbocycles. The number of carbonyl (C=O) groups is 1. The second-order valence-electron chi connectivity index (χ2n) is 6.70. The molecule has 0 atom stereocenters. The Hall–Kier alpha value is -3.38. The summed E-state index contributed by atoms with van der Waals surface area (Å²) in [6.07, 6.45) is 1.48. The van der Waals surface area contributed by atoms with Crippen LogP contribution in [0.4, 0.5) is 5.69 Å². The van der Waals surface area contributed by atoms with Gasteiger partial charge >= 0.3 is 0 Å². The summed E-state index contributed by atoms with van der Waals surface area (Å²) in [5.74, 6) is 0.375. The summed E-state index contributed by atoms with van der Waals surface area (Å²) in [5, 5.41) is 8.40. The van der Waals surface area contributed by atoms with Crippen molar-refractivity contribution in [2.24, 2.45) is 0 Å². The third kappa shape index (κ3) is 3.54. The Kier molecular flexibility index (Phi) is 4.94. The van der Waals surface area contributed by atoms with Crippen molar-refractivity contribution >= 4 is 34.2 Å². The number of anilines is 1. The Morgan fingerprint density at radius 2 is 1.76 bits per heavy atom. The van der Waals surface area contributed by atoms with Gasteiger partial charge in [-0.15, -0.1) is 0 Å². The fourth-order valence-electron chi connectivity index (χ4n) is 3.11. The summed E-state index contributed by atoms with van der Waals surface area (Å²) >= 11 is 6.61. The number of carbonyl (C=O) groups excluding carboxylic acids is 1. The maximum atomic E-state index is 12.8. The number of fused-ring (bicyclic) bond motifs is 1. The van der Waals surface area contributed by atoms with E-state index in [1.165, 1.54) is 6.20 Å². The highest BCUT2D eigenvalue weighted by atomic mass is 35.5. The summed E-state index contributed by atoms with van der Waals surface area (Å²) < 4.78 is 6.87. The van der Waals surface area contributed by atoms with Crippen LogP contribution in [0.5, 0.6) is 5.75 Å². The highest BCUT2D eigenvalue weighted by molar-refractivity contribution is 6.39. The van der Waals surface area contributed by atoms with Crippen LogP contribution in [0.1, 0.15) is 21.6 Å². The second kappa shape index (κ2) is 7.56. The molecule has 0 aliphatic heterocycles. The molecular weight excluding hydrogens is 388 g/mol. The van der Waals surface area contributed by atoms with E-state index in [9.17, 15) is 4.79 Å². The van der Waals surface area contributed by atoms with Crippen molar-refractivity contribution < 1.29 is 9.53 Å². The molecule has 29 heavy (non-hydrogen) atoms. The lowest BCUT2D eigenvalue weighted by Crippen LogP contribution is -2.13. The van der Waals surface area contributed by atoms with Gasteiger partial charge in [0.25, 0.3) is 5.91 Å². The number of nitrogens with zero attached hydrogens (tertiary/aromatic N) is 3. The zero-order valence-corrected chi connectivity index (χ0v) is 17.0. The van der Waals surface area contributed by atoms with Gasteiger partial charge in [0.1, 0.15) is 5.75 Å². The van der Waals surface area contributed by atoms with Gasteiger partial charge in [0.05, 0.1) is 34.5 Å². The zero-order chi connectivity index (χ0) is 20.5. The Morgan fingerprint density at radius 1 is 1.07 bits per heavy atom. The summed E-state index contributed by atoms with van der Waals surface area (Å²) in [4.78, 5) is 17.3. The van der Waals surface area contributed by atoms with Gasteiger partial charge < -0.3 is 10.1 Å². The van der Waals surface area contributed by atoms with Crippen molar-refractivity contribution in [1.29, 1.82) is 0 Å². The van der Waals surface area contributed by atoms with Crippen LogP contribution in [-0.2, 0) is 0 Å². The number of amides is 1. The average Bonchev–Trinajstić information content (AvgIpc) is 3.06. The molecule has 1 amide bonds. The Morgan fingerprint density at radius 3 is 2.41 bits per heavy atom. The molecule has 0 aliphatic rings. The van der Waals surface area contributed by atoms with Gasteiger partial charge in [0, 0.05) is 11.9 Å². The van der Waals surface area contributed by atoms with Gasteiger partial charge in [-0.2, -0.15) is 5.10 Å². The van der Waals surface area contributed by atoms with Gasteiger partial charge in [-0.05, 0) is 50.2 Å². The highest BCUT2D eigenvalue weighted by Gasteiger charge is 2.20. The van der Waals surface area contributed by atoms with Crippen LogP contribution in [0.2, 0.25) is 5.02 Å². The van der Waals surface area contributed by atoms with Gasteiger partial charge in [-0.25, -0.2) is 9.67 Å². The minimum atomic E-state index is -0.336. The molecule has 4 aromatic rings. The number of rotatable bonds is 4. The third-order valence-electron chi connectivity index (χ3n) is 4.68. The molecule has 2 aromatic heterocycles. The van der Waals surface area contributed by atoms with Crippen molar-refractivity contribution in [3.8, 4) is 11.4 Å². The van der Waals surface area contributed by atoms with Crippen LogP contribution < -0.4 is 10.1 Å². The molecule has 4 rings (SSSR count). The largest absolute Gasteiger partial charge is 0.497 e. The van der Waals surface area contributed by atoms with E-state index in [2.05, 4.69) is 15.4 Å². The number of hydrogen-bond acceptors (Lipinski definition) is 4. The number of benzene rings is 2. The zero-order valence-electron chi connectivity index (χ0n) is 16.2. The summed E-state index contributed by atoms with van der Waals surface area (Å²) in [5.41, 5.74) is 4.29. The van der Waals surface area contributed by atoms with E-state index in [0.717, 1.165) is 11.3 Å². The number of nitrogens with one attached hydrogen (secondary N) is 1. The Bertz CT molecular complexity index is 1200. The topological polar surface area (TPSA) is 69.0 Å². The molecule has 0 radical (unpaired) electrons. The van der Waals surface area contributed by atoms with E-state index >= 15 is 0 Å². The van der Waals surface area contributed by atoms with Crippen LogP contribution >= 0.6 is 11.6 Å². The lowest BCUT2D eigenvalue weighted by molar-refractivity contribution is 0.102. The first kappa shape index (κ1) is 19.0. The number of hydrogen-bond donors (Lipinski definition) is 1. The first-order valence-electron chi connectivity index (χ1n) is 9.04. The quantitative estimate of drug-likeness (QED) is 0.520. The van der Waals surface area contributed by atoms with E-state index in [0.29, 0.717) is 38.8 Å². The molecule has 0 fully saturated rings. The molecule has 0 saturated heterocycles. The smallest absolute Gasteiger partial charge is 0.258 e. The second-order valence-corrected chi connectivity index (χ2v) is 7.08. The van der Waals surface area contributed by atoms with Gasteiger partial charge in [0.15, 0.2) is 5.65 Å². The summed E-state index contributed by atoms with van der Waals surface area (Å²) in [6.45, 7) is 3.88. The van der Waals surface area contributed by atoms with Gasteiger partial charge in [-0.1, -0.05) is 29.3 Å². The van der Waals surface area contributed by atoms with Gasteiger partial charge in [-0.3, -0.25) is 4.79 Å². The maximum Gasteiger partial charge on any atom is 0.258 e. The standard InChI is InChI=1S/C22H19ClN4O2/c1-13-4-8-16(9-5-13)27-21-19(14(2)26-27)20(23)18(12-24-21)22(28)25-15-6-10-17(29-3)11-7-15/h4-12H,1-3H3,(H,25,28). The van der Waals surface area contributed by atoms with Crippen LogP contribution in [0.15, 0.2) is 54.7 Å². The Balaban J connectivity index is 1.71. The lowest BCUT2D eigenvalue weighted by atomic mass is 10.2.